The van der Waals surface area contributed by atoms with Gasteiger partial charge in [0.25, 0.3) is 0 Å². The van der Waals surface area contributed by atoms with Gasteiger partial charge in [-0.3, -0.25) is 0 Å². The van der Waals surface area contributed by atoms with E-state index in [2.05, 4.69) is 18.6 Å². The average Bonchev–Trinajstić information content (AvgIpc) is 2.03. The van der Waals surface area contributed by atoms with E-state index in [1.807, 2.05) is 0 Å². The van der Waals surface area contributed by atoms with E-state index < -0.39 is 0 Å². The largest absolute Gasteiger partial charge is 0.466 e. The van der Waals surface area contributed by atoms with E-state index in [0.29, 0.717) is 0 Å². The standard InChI is InChI=1S/C9H16O2S/c1-8(2)4-6-12-7-5-9(10)11-3/h5,7-8H,4,6H2,1-3H3/b7-5+. The van der Waals surface area contributed by atoms with Gasteiger partial charge in [-0.1, -0.05) is 13.8 Å². The Labute approximate surface area is 78.4 Å². The number of thioether (sulfide) groups is 1. The van der Waals surface area contributed by atoms with Crippen LogP contribution in [-0.2, 0) is 9.53 Å². The number of hydrogen-bond acceptors (Lipinski definition) is 3. The molecule has 0 saturated carbocycles. The smallest absolute Gasteiger partial charge is 0.330 e. The quantitative estimate of drug-likeness (QED) is 0.376. The van der Waals surface area contributed by atoms with Gasteiger partial charge in [0.15, 0.2) is 0 Å². The number of methoxy groups -OCH3 is 1. The first-order valence-corrected chi connectivity index (χ1v) is 5.07. The highest BCUT2D eigenvalue weighted by atomic mass is 32.2. The fourth-order valence-corrected chi connectivity index (χ4v) is 1.49. The van der Waals surface area contributed by atoms with Crippen molar-refractivity contribution >= 4 is 17.7 Å². The van der Waals surface area contributed by atoms with Gasteiger partial charge in [0.2, 0.25) is 0 Å². The summed E-state index contributed by atoms with van der Waals surface area (Å²) >= 11 is 1.64. The van der Waals surface area contributed by atoms with E-state index >= 15 is 0 Å². The summed E-state index contributed by atoms with van der Waals surface area (Å²) in [6, 6.07) is 0. The molecule has 0 rings (SSSR count). The zero-order valence-corrected chi connectivity index (χ0v) is 8.69. The van der Waals surface area contributed by atoms with Gasteiger partial charge in [-0.05, 0) is 23.5 Å². The highest BCUT2D eigenvalue weighted by Crippen LogP contribution is 2.09. The lowest BCUT2D eigenvalue weighted by atomic mass is 10.2. The molecule has 0 aliphatic heterocycles. The molecule has 0 unspecified atom stereocenters. The molecular formula is C9H16O2S. The maximum Gasteiger partial charge on any atom is 0.330 e. The lowest BCUT2D eigenvalue weighted by molar-refractivity contribution is -0.134. The Morgan fingerprint density at radius 1 is 1.58 bits per heavy atom. The number of rotatable bonds is 5. The summed E-state index contributed by atoms with van der Waals surface area (Å²) in [7, 11) is 1.38. The van der Waals surface area contributed by atoms with E-state index in [-0.39, 0.29) is 5.97 Å². The Balaban J connectivity index is 3.30. The minimum Gasteiger partial charge on any atom is -0.466 e. The summed E-state index contributed by atoms with van der Waals surface area (Å²) in [4.78, 5) is 10.6. The van der Waals surface area contributed by atoms with Crippen LogP contribution in [0.4, 0.5) is 0 Å². The lowest BCUT2D eigenvalue weighted by Gasteiger charge is -1.99. The van der Waals surface area contributed by atoms with Crippen LogP contribution in [0.2, 0.25) is 0 Å². The molecule has 70 valence electrons. The summed E-state index contributed by atoms with van der Waals surface area (Å²) in [5, 5.41) is 1.79. The van der Waals surface area contributed by atoms with Crippen molar-refractivity contribution in [1.29, 1.82) is 0 Å². The number of carbonyl (C=O) groups excluding carboxylic acids is 1. The second-order valence-corrected chi connectivity index (χ2v) is 3.89. The molecule has 0 N–H and O–H groups in total. The SMILES string of the molecule is COC(=O)/C=C/SCCC(C)C. The molecule has 0 aliphatic carbocycles. The molecule has 2 nitrogen and oxygen atoms in total. The monoisotopic (exact) mass is 188 g/mol. The van der Waals surface area contributed by atoms with Crippen LogP contribution in [0.5, 0.6) is 0 Å². The van der Waals surface area contributed by atoms with Crippen molar-refractivity contribution in [3.05, 3.63) is 11.5 Å². The summed E-state index contributed by atoms with van der Waals surface area (Å²) < 4.78 is 4.44. The first kappa shape index (κ1) is 11.6. The molecule has 0 heterocycles. The third-order valence-corrected chi connectivity index (χ3v) is 2.11. The predicted octanol–water partition coefficient (Wildman–Crippen LogP) is 2.45. The fraction of sp³-hybridized carbons (Fsp3) is 0.667. The van der Waals surface area contributed by atoms with Crippen molar-refractivity contribution in [3.63, 3.8) is 0 Å². The van der Waals surface area contributed by atoms with E-state index in [9.17, 15) is 4.79 Å². The number of carbonyl (C=O) groups is 1. The minimum atomic E-state index is -0.285. The van der Waals surface area contributed by atoms with Crippen LogP contribution >= 0.6 is 11.8 Å². The Kier molecular flexibility index (Phi) is 6.96. The van der Waals surface area contributed by atoms with Crippen LogP contribution in [-0.4, -0.2) is 18.8 Å². The van der Waals surface area contributed by atoms with Crippen molar-refractivity contribution in [3.8, 4) is 0 Å². The predicted molar refractivity (Wildman–Crippen MR) is 53.1 cm³/mol. The van der Waals surface area contributed by atoms with E-state index in [1.54, 1.807) is 17.2 Å². The summed E-state index contributed by atoms with van der Waals surface area (Å²) in [6.07, 6.45) is 2.63. The van der Waals surface area contributed by atoms with Gasteiger partial charge < -0.3 is 4.74 Å². The van der Waals surface area contributed by atoms with Crippen LogP contribution in [0, 0.1) is 5.92 Å². The Morgan fingerprint density at radius 3 is 2.75 bits per heavy atom. The molecule has 0 bridgehead atoms. The molecule has 0 radical (unpaired) electrons. The van der Waals surface area contributed by atoms with Crippen LogP contribution < -0.4 is 0 Å². The maximum absolute atomic E-state index is 10.6. The number of ether oxygens (including phenoxy) is 1. The molecule has 0 aromatic heterocycles. The molecule has 0 fully saturated rings. The number of hydrogen-bond donors (Lipinski definition) is 0. The molecule has 12 heavy (non-hydrogen) atoms. The third kappa shape index (κ3) is 7.66. The zero-order chi connectivity index (χ0) is 9.40. The summed E-state index contributed by atoms with van der Waals surface area (Å²) in [5.41, 5.74) is 0. The van der Waals surface area contributed by atoms with Crippen LogP contribution in [0.1, 0.15) is 20.3 Å². The van der Waals surface area contributed by atoms with E-state index in [1.165, 1.54) is 19.6 Å². The highest BCUT2D eigenvalue weighted by molar-refractivity contribution is 8.02. The molecule has 0 aromatic carbocycles. The van der Waals surface area contributed by atoms with Gasteiger partial charge in [0.05, 0.1) is 7.11 Å². The molecule has 0 atom stereocenters. The summed E-state index contributed by atoms with van der Waals surface area (Å²) in [6.45, 7) is 4.37. The molecule has 0 aromatic rings. The lowest BCUT2D eigenvalue weighted by Crippen LogP contribution is -1.93. The normalized spacial score (nSPS) is 11.0. The Bertz CT molecular complexity index is 153. The van der Waals surface area contributed by atoms with Crippen molar-refractivity contribution in [2.45, 2.75) is 20.3 Å². The van der Waals surface area contributed by atoms with Crippen LogP contribution in [0.15, 0.2) is 11.5 Å². The van der Waals surface area contributed by atoms with Crippen LogP contribution in [0.25, 0.3) is 0 Å². The Hall–Kier alpha value is -0.440. The molecule has 0 saturated heterocycles. The fourth-order valence-electron chi connectivity index (χ4n) is 0.543. The second-order valence-electron chi connectivity index (χ2n) is 2.88. The zero-order valence-electron chi connectivity index (χ0n) is 7.87. The molecular weight excluding hydrogens is 172 g/mol. The van der Waals surface area contributed by atoms with Gasteiger partial charge >= 0.3 is 5.97 Å². The van der Waals surface area contributed by atoms with Crippen molar-refractivity contribution < 1.29 is 9.53 Å². The molecule has 3 heteroatoms. The molecule has 0 amide bonds. The maximum atomic E-state index is 10.6. The molecule has 0 spiro atoms. The van der Waals surface area contributed by atoms with Crippen molar-refractivity contribution in [1.82, 2.24) is 0 Å². The number of esters is 1. The van der Waals surface area contributed by atoms with Gasteiger partial charge in [-0.15, -0.1) is 11.8 Å². The first-order chi connectivity index (χ1) is 5.66. The first-order valence-electron chi connectivity index (χ1n) is 4.03. The van der Waals surface area contributed by atoms with E-state index in [4.69, 9.17) is 0 Å². The van der Waals surface area contributed by atoms with Gasteiger partial charge in [0, 0.05) is 6.08 Å². The topological polar surface area (TPSA) is 26.3 Å². The van der Waals surface area contributed by atoms with E-state index in [0.717, 1.165) is 11.7 Å². The average molecular weight is 188 g/mol. The van der Waals surface area contributed by atoms with Crippen molar-refractivity contribution in [2.24, 2.45) is 5.92 Å². The van der Waals surface area contributed by atoms with Crippen molar-refractivity contribution in [2.75, 3.05) is 12.9 Å². The third-order valence-electron chi connectivity index (χ3n) is 1.31. The van der Waals surface area contributed by atoms with Crippen LogP contribution in [0.3, 0.4) is 0 Å². The van der Waals surface area contributed by atoms with Gasteiger partial charge in [-0.2, -0.15) is 0 Å². The molecule has 0 aliphatic rings. The summed E-state index contributed by atoms with van der Waals surface area (Å²) in [5.74, 6) is 1.50. The highest BCUT2D eigenvalue weighted by Gasteiger charge is 1.93. The second kappa shape index (κ2) is 7.22. The minimum absolute atomic E-state index is 0.285. The Morgan fingerprint density at radius 2 is 2.25 bits per heavy atom. The van der Waals surface area contributed by atoms with Gasteiger partial charge in [-0.25, -0.2) is 4.79 Å². The van der Waals surface area contributed by atoms with Gasteiger partial charge in [0.1, 0.15) is 0 Å².